The first kappa shape index (κ1) is 9.81. The number of carbonyl (C=O) groups is 1. The molecule has 1 aliphatic heterocycles. The number of aliphatic hydroxyl groups is 1. The van der Waals surface area contributed by atoms with Crippen molar-refractivity contribution in [2.24, 2.45) is 5.92 Å². The highest BCUT2D eigenvalue weighted by Gasteiger charge is 2.31. The summed E-state index contributed by atoms with van der Waals surface area (Å²) < 4.78 is 0. The molecule has 0 aromatic rings. The number of aliphatic hydroxyl groups excluding tert-OH is 1. The number of likely N-dealkylation sites (tertiary alicyclic amines) is 1. The minimum Gasteiger partial charge on any atom is -0.394 e. The second-order valence-corrected chi connectivity index (χ2v) is 3.61. The molecule has 4 heteroatoms. The second-order valence-electron chi connectivity index (χ2n) is 3.30. The minimum atomic E-state index is -0.0642. The standard InChI is InChI=1S/C8H14ClNO2/c1-6(5-11)10-4-7(3-9)2-8(10)12/h6-7,11H,2-5H2,1H3/t6-,7?/m0/s1. The molecule has 0 aromatic heterocycles. The molecule has 1 fully saturated rings. The van der Waals surface area contributed by atoms with E-state index in [4.69, 9.17) is 16.7 Å². The van der Waals surface area contributed by atoms with Gasteiger partial charge in [-0.05, 0) is 12.8 Å². The predicted molar refractivity (Wildman–Crippen MR) is 47.1 cm³/mol. The molecule has 70 valence electrons. The Morgan fingerprint density at radius 1 is 1.83 bits per heavy atom. The molecule has 1 amide bonds. The van der Waals surface area contributed by atoms with Crippen molar-refractivity contribution in [1.29, 1.82) is 0 Å². The average Bonchev–Trinajstić information content (AvgIpc) is 2.45. The van der Waals surface area contributed by atoms with Crippen LogP contribution in [0.1, 0.15) is 13.3 Å². The molecule has 2 atom stereocenters. The van der Waals surface area contributed by atoms with Gasteiger partial charge in [-0.25, -0.2) is 0 Å². The molecule has 0 saturated carbocycles. The molecule has 1 saturated heterocycles. The van der Waals surface area contributed by atoms with E-state index in [0.717, 1.165) is 0 Å². The molecular weight excluding hydrogens is 178 g/mol. The van der Waals surface area contributed by atoms with Crippen LogP contribution in [0.4, 0.5) is 0 Å². The Balaban J connectivity index is 2.51. The van der Waals surface area contributed by atoms with Crippen LogP contribution >= 0.6 is 11.6 Å². The van der Waals surface area contributed by atoms with Crippen LogP contribution in [0.2, 0.25) is 0 Å². The molecule has 0 aromatic carbocycles. The molecule has 12 heavy (non-hydrogen) atoms. The van der Waals surface area contributed by atoms with Gasteiger partial charge < -0.3 is 10.0 Å². The molecule has 1 N–H and O–H groups in total. The lowest BCUT2D eigenvalue weighted by molar-refractivity contribution is -0.130. The number of hydrogen-bond donors (Lipinski definition) is 1. The number of rotatable bonds is 3. The van der Waals surface area contributed by atoms with Crippen molar-refractivity contribution in [3.8, 4) is 0 Å². The van der Waals surface area contributed by atoms with Crippen molar-refractivity contribution in [1.82, 2.24) is 4.90 Å². The lowest BCUT2D eigenvalue weighted by Crippen LogP contribution is -2.36. The third kappa shape index (κ3) is 1.90. The topological polar surface area (TPSA) is 40.5 Å². The summed E-state index contributed by atoms with van der Waals surface area (Å²) in [4.78, 5) is 13.0. The van der Waals surface area contributed by atoms with E-state index in [0.29, 0.717) is 18.8 Å². The van der Waals surface area contributed by atoms with E-state index in [1.807, 2.05) is 6.92 Å². The maximum Gasteiger partial charge on any atom is 0.223 e. The minimum absolute atomic E-state index is 0.0285. The Bertz CT molecular complexity index is 174. The van der Waals surface area contributed by atoms with Gasteiger partial charge in [-0.3, -0.25) is 4.79 Å². The SMILES string of the molecule is C[C@@H](CO)N1CC(CCl)CC1=O. The highest BCUT2D eigenvalue weighted by molar-refractivity contribution is 6.18. The van der Waals surface area contributed by atoms with Gasteiger partial charge >= 0.3 is 0 Å². The summed E-state index contributed by atoms with van der Waals surface area (Å²) in [7, 11) is 0. The van der Waals surface area contributed by atoms with Crippen LogP contribution in [0, 0.1) is 5.92 Å². The van der Waals surface area contributed by atoms with Gasteiger partial charge in [-0.1, -0.05) is 0 Å². The second kappa shape index (κ2) is 4.10. The quantitative estimate of drug-likeness (QED) is 0.659. The Kier molecular flexibility index (Phi) is 3.35. The molecule has 0 spiro atoms. The van der Waals surface area contributed by atoms with E-state index in [1.165, 1.54) is 0 Å². The Hall–Kier alpha value is -0.280. The fraction of sp³-hybridized carbons (Fsp3) is 0.875. The summed E-state index contributed by atoms with van der Waals surface area (Å²) in [6.45, 7) is 2.57. The highest BCUT2D eigenvalue weighted by atomic mass is 35.5. The predicted octanol–water partition coefficient (Wildman–Crippen LogP) is 0.455. The molecule has 1 aliphatic rings. The number of alkyl halides is 1. The van der Waals surface area contributed by atoms with Crippen LogP contribution in [0.15, 0.2) is 0 Å². The smallest absolute Gasteiger partial charge is 0.223 e. The van der Waals surface area contributed by atoms with Gasteiger partial charge in [0.2, 0.25) is 5.91 Å². The number of halogens is 1. The summed E-state index contributed by atoms with van der Waals surface area (Å²) in [5.41, 5.74) is 0. The molecule has 0 aliphatic carbocycles. The summed E-state index contributed by atoms with van der Waals surface area (Å²) in [6, 6.07) is -0.0642. The fourth-order valence-electron chi connectivity index (χ4n) is 1.44. The van der Waals surface area contributed by atoms with Crippen molar-refractivity contribution < 1.29 is 9.90 Å². The zero-order chi connectivity index (χ0) is 9.14. The first-order valence-electron chi connectivity index (χ1n) is 4.15. The van der Waals surface area contributed by atoms with Crippen molar-refractivity contribution in [2.75, 3.05) is 19.0 Å². The number of amides is 1. The molecule has 3 nitrogen and oxygen atoms in total. The molecule has 0 bridgehead atoms. The first-order valence-corrected chi connectivity index (χ1v) is 4.68. The Labute approximate surface area is 77.3 Å². The lowest BCUT2D eigenvalue weighted by atomic mass is 10.1. The summed E-state index contributed by atoms with van der Waals surface area (Å²) in [6.07, 6.45) is 0.536. The first-order chi connectivity index (χ1) is 5.69. The van der Waals surface area contributed by atoms with Gasteiger partial charge in [0.25, 0.3) is 0 Å². The van der Waals surface area contributed by atoms with E-state index >= 15 is 0 Å². The Morgan fingerprint density at radius 3 is 2.92 bits per heavy atom. The summed E-state index contributed by atoms with van der Waals surface area (Å²) >= 11 is 5.64. The van der Waals surface area contributed by atoms with Crippen molar-refractivity contribution in [2.45, 2.75) is 19.4 Å². The van der Waals surface area contributed by atoms with Crippen LogP contribution in [0.25, 0.3) is 0 Å². The van der Waals surface area contributed by atoms with E-state index < -0.39 is 0 Å². The Morgan fingerprint density at radius 2 is 2.50 bits per heavy atom. The third-order valence-corrected chi connectivity index (χ3v) is 2.69. The van der Waals surface area contributed by atoms with Crippen molar-refractivity contribution >= 4 is 17.5 Å². The normalized spacial score (nSPS) is 26.4. The molecule has 1 rings (SSSR count). The van der Waals surface area contributed by atoms with E-state index in [1.54, 1.807) is 4.90 Å². The van der Waals surface area contributed by atoms with Crippen LogP contribution in [0.3, 0.4) is 0 Å². The van der Waals surface area contributed by atoms with Gasteiger partial charge in [0.15, 0.2) is 0 Å². The van der Waals surface area contributed by atoms with Gasteiger partial charge in [0.05, 0.1) is 12.6 Å². The van der Waals surface area contributed by atoms with Gasteiger partial charge in [0, 0.05) is 18.8 Å². The molecule has 1 unspecified atom stereocenters. The van der Waals surface area contributed by atoms with Gasteiger partial charge in [-0.2, -0.15) is 0 Å². The number of hydrogen-bond acceptors (Lipinski definition) is 2. The van der Waals surface area contributed by atoms with Crippen molar-refractivity contribution in [3.63, 3.8) is 0 Å². The largest absolute Gasteiger partial charge is 0.394 e. The van der Waals surface area contributed by atoms with E-state index in [9.17, 15) is 4.79 Å². The van der Waals surface area contributed by atoms with E-state index in [2.05, 4.69) is 0 Å². The molecule has 0 radical (unpaired) electrons. The summed E-state index contributed by atoms with van der Waals surface area (Å²) in [5, 5.41) is 8.85. The highest BCUT2D eigenvalue weighted by Crippen LogP contribution is 2.20. The van der Waals surface area contributed by atoms with Crippen LogP contribution in [-0.4, -0.2) is 41.0 Å². The fourth-order valence-corrected chi connectivity index (χ4v) is 1.64. The average molecular weight is 192 g/mol. The van der Waals surface area contributed by atoms with Crippen LogP contribution < -0.4 is 0 Å². The van der Waals surface area contributed by atoms with Crippen LogP contribution in [-0.2, 0) is 4.79 Å². The summed E-state index contributed by atoms with van der Waals surface area (Å²) in [5.74, 6) is 0.913. The third-order valence-electron chi connectivity index (χ3n) is 2.25. The zero-order valence-corrected chi connectivity index (χ0v) is 7.92. The van der Waals surface area contributed by atoms with Gasteiger partial charge in [-0.15, -0.1) is 11.6 Å². The number of nitrogens with zero attached hydrogens (tertiary/aromatic N) is 1. The monoisotopic (exact) mass is 191 g/mol. The maximum atomic E-state index is 11.3. The van der Waals surface area contributed by atoms with Crippen molar-refractivity contribution in [3.05, 3.63) is 0 Å². The van der Waals surface area contributed by atoms with Gasteiger partial charge in [0.1, 0.15) is 0 Å². The van der Waals surface area contributed by atoms with E-state index in [-0.39, 0.29) is 24.5 Å². The number of carbonyl (C=O) groups excluding carboxylic acids is 1. The zero-order valence-electron chi connectivity index (χ0n) is 7.16. The molecular formula is C8H14ClNO2. The molecule has 1 heterocycles. The lowest BCUT2D eigenvalue weighted by Gasteiger charge is -2.22. The van der Waals surface area contributed by atoms with Crippen LogP contribution in [0.5, 0.6) is 0 Å². The maximum absolute atomic E-state index is 11.3.